The molecule has 2 rings (SSSR count). The lowest BCUT2D eigenvalue weighted by atomic mass is 10.2. The third kappa shape index (κ3) is 6.86. The van der Waals surface area contributed by atoms with Gasteiger partial charge in [0.25, 0.3) is 5.91 Å². The van der Waals surface area contributed by atoms with Crippen molar-refractivity contribution in [2.75, 3.05) is 25.1 Å². The van der Waals surface area contributed by atoms with Gasteiger partial charge in [0.2, 0.25) is 0 Å². The van der Waals surface area contributed by atoms with E-state index in [0.29, 0.717) is 24.7 Å². The summed E-state index contributed by atoms with van der Waals surface area (Å²) in [5, 5.41) is 2.66. The highest BCUT2D eigenvalue weighted by Crippen LogP contribution is 2.23. The predicted molar refractivity (Wildman–Crippen MR) is 104 cm³/mol. The molecule has 2 aromatic carbocycles. The van der Waals surface area contributed by atoms with Crippen LogP contribution in [0.2, 0.25) is 0 Å². The normalized spacial score (nSPS) is 10.4. The first kappa shape index (κ1) is 20.0. The van der Waals surface area contributed by atoms with Crippen LogP contribution in [0.15, 0.2) is 54.6 Å². The number of rotatable bonds is 9. The Bertz CT molecular complexity index is 783. The summed E-state index contributed by atoms with van der Waals surface area (Å²) in [5.41, 5.74) is 1.36. The standard InChI is InChI=1S/C21H23NO5/c1-3-25-17-12-9-16(10-13-17)11-14-21(24)27-15-20(23)22-18-7-5-6-8-19(18)26-4-2/h5-14H,3-4,15H2,1-2H3,(H,22,23)/b14-11+. The fourth-order valence-electron chi connectivity index (χ4n) is 2.23. The van der Waals surface area contributed by atoms with Crippen LogP contribution < -0.4 is 14.8 Å². The molecule has 6 nitrogen and oxygen atoms in total. The van der Waals surface area contributed by atoms with E-state index in [9.17, 15) is 9.59 Å². The molecule has 142 valence electrons. The van der Waals surface area contributed by atoms with Gasteiger partial charge in [0.15, 0.2) is 6.61 Å². The van der Waals surface area contributed by atoms with E-state index in [1.807, 2.05) is 44.2 Å². The van der Waals surface area contributed by atoms with Gasteiger partial charge in [-0.2, -0.15) is 0 Å². The first-order valence-electron chi connectivity index (χ1n) is 8.71. The number of hydrogen-bond acceptors (Lipinski definition) is 5. The summed E-state index contributed by atoms with van der Waals surface area (Å²) in [4.78, 5) is 23.7. The van der Waals surface area contributed by atoms with Crippen molar-refractivity contribution in [1.82, 2.24) is 0 Å². The maximum absolute atomic E-state index is 12.0. The summed E-state index contributed by atoms with van der Waals surface area (Å²) in [5.74, 6) is 0.290. The molecule has 6 heteroatoms. The summed E-state index contributed by atoms with van der Waals surface area (Å²) in [6.07, 6.45) is 2.89. The van der Waals surface area contributed by atoms with E-state index in [-0.39, 0.29) is 6.61 Å². The molecular formula is C21H23NO5. The zero-order valence-electron chi connectivity index (χ0n) is 15.4. The number of anilines is 1. The van der Waals surface area contributed by atoms with E-state index in [4.69, 9.17) is 14.2 Å². The molecule has 1 N–H and O–H groups in total. The number of esters is 1. The summed E-state index contributed by atoms with van der Waals surface area (Å²) >= 11 is 0. The van der Waals surface area contributed by atoms with Crippen LogP contribution in [-0.2, 0) is 14.3 Å². The molecule has 0 bridgehead atoms. The fourth-order valence-corrected chi connectivity index (χ4v) is 2.23. The van der Waals surface area contributed by atoms with Crippen molar-refractivity contribution in [3.63, 3.8) is 0 Å². The molecule has 0 heterocycles. The maximum atomic E-state index is 12.0. The minimum atomic E-state index is -0.600. The largest absolute Gasteiger partial charge is 0.494 e. The number of benzene rings is 2. The predicted octanol–water partition coefficient (Wildman–Crippen LogP) is 3.68. The Morgan fingerprint density at radius 2 is 1.67 bits per heavy atom. The van der Waals surface area contributed by atoms with E-state index in [1.54, 1.807) is 24.3 Å². The lowest BCUT2D eigenvalue weighted by Crippen LogP contribution is -2.20. The molecule has 0 atom stereocenters. The van der Waals surface area contributed by atoms with E-state index < -0.39 is 11.9 Å². The van der Waals surface area contributed by atoms with Crippen LogP contribution in [0.3, 0.4) is 0 Å². The van der Waals surface area contributed by atoms with Gasteiger partial charge < -0.3 is 19.5 Å². The topological polar surface area (TPSA) is 73.9 Å². The van der Waals surface area contributed by atoms with Crippen LogP contribution in [0.25, 0.3) is 6.08 Å². The lowest BCUT2D eigenvalue weighted by molar-refractivity contribution is -0.142. The van der Waals surface area contributed by atoms with Gasteiger partial charge in [0.1, 0.15) is 11.5 Å². The molecule has 0 saturated heterocycles. The second-order valence-electron chi connectivity index (χ2n) is 5.42. The summed E-state index contributed by atoms with van der Waals surface area (Å²) in [6.45, 7) is 4.47. The average molecular weight is 369 g/mol. The van der Waals surface area contributed by atoms with Gasteiger partial charge in [0, 0.05) is 6.08 Å². The van der Waals surface area contributed by atoms with Gasteiger partial charge in [-0.3, -0.25) is 4.79 Å². The van der Waals surface area contributed by atoms with Gasteiger partial charge in [-0.15, -0.1) is 0 Å². The van der Waals surface area contributed by atoms with E-state index >= 15 is 0 Å². The SMILES string of the molecule is CCOc1ccc(/C=C/C(=O)OCC(=O)Nc2ccccc2OCC)cc1. The second-order valence-corrected chi connectivity index (χ2v) is 5.42. The van der Waals surface area contributed by atoms with Crippen molar-refractivity contribution < 1.29 is 23.8 Å². The van der Waals surface area contributed by atoms with Gasteiger partial charge >= 0.3 is 5.97 Å². The molecule has 2 aromatic rings. The van der Waals surface area contributed by atoms with Crippen molar-refractivity contribution >= 4 is 23.6 Å². The Kier molecular flexibility index (Phi) is 7.91. The highest BCUT2D eigenvalue weighted by molar-refractivity contribution is 5.95. The number of ether oxygens (including phenoxy) is 3. The molecule has 0 aliphatic carbocycles. The molecule has 0 aliphatic rings. The number of hydrogen-bond donors (Lipinski definition) is 1. The zero-order chi connectivity index (χ0) is 19.5. The molecule has 0 saturated carbocycles. The number of carbonyl (C=O) groups is 2. The molecule has 0 unspecified atom stereocenters. The molecule has 1 amide bonds. The van der Waals surface area contributed by atoms with Gasteiger partial charge in [-0.05, 0) is 49.8 Å². The molecule has 0 fully saturated rings. The molecular weight excluding hydrogens is 346 g/mol. The van der Waals surface area contributed by atoms with Crippen molar-refractivity contribution in [1.29, 1.82) is 0 Å². The van der Waals surface area contributed by atoms with Crippen molar-refractivity contribution in [3.8, 4) is 11.5 Å². The summed E-state index contributed by atoms with van der Waals surface area (Å²) in [7, 11) is 0. The number of para-hydroxylation sites is 2. The molecule has 0 spiro atoms. The van der Waals surface area contributed by atoms with Gasteiger partial charge in [-0.25, -0.2) is 4.79 Å². The van der Waals surface area contributed by atoms with Crippen LogP contribution in [0.1, 0.15) is 19.4 Å². The third-order valence-electron chi connectivity index (χ3n) is 3.41. The highest BCUT2D eigenvalue weighted by atomic mass is 16.5. The summed E-state index contributed by atoms with van der Waals surface area (Å²) < 4.78 is 15.7. The summed E-state index contributed by atoms with van der Waals surface area (Å²) in [6, 6.07) is 14.4. The molecule has 0 aliphatic heterocycles. The van der Waals surface area contributed by atoms with Crippen molar-refractivity contribution in [2.45, 2.75) is 13.8 Å². The van der Waals surface area contributed by atoms with Crippen LogP contribution >= 0.6 is 0 Å². The van der Waals surface area contributed by atoms with Gasteiger partial charge in [0.05, 0.1) is 18.9 Å². The first-order chi connectivity index (χ1) is 13.1. The van der Waals surface area contributed by atoms with Crippen molar-refractivity contribution in [2.24, 2.45) is 0 Å². The fraction of sp³-hybridized carbons (Fsp3) is 0.238. The third-order valence-corrected chi connectivity index (χ3v) is 3.41. The van der Waals surface area contributed by atoms with E-state index in [1.165, 1.54) is 6.08 Å². The molecule has 0 aromatic heterocycles. The highest BCUT2D eigenvalue weighted by Gasteiger charge is 2.09. The Hall–Kier alpha value is -3.28. The Morgan fingerprint density at radius 1 is 0.963 bits per heavy atom. The average Bonchev–Trinajstić information content (AvgIpc) is 2.68. The van der Waals surface area contributed by atoms with Crippen molar-refractivity contribution in [3.05, 3.63) is 60.2 Å². The van der Waals surface area contributed by atoms with Crippen LogP contribution in [0, 0.1) is 0 Å². The van der Waals surface area contributed by atoms with Crippen LogP contribution in [-0.4, -0.2) is 31.7 Å². The first-order valence-corrected chi connectivity index (χ1v) is 8.71. The molecule has 0 radical (unpaired) electrons. The van der Waals surface area contributed by atoms with Crippen LogP contribution in [0.5, 0.6) is 11.5 Å². The van der Waals surface area contributed by atoms with Crippen LogP contribution in [0.4, 0.5) is 5.69 Å². The minimum Gasteiger partial charge on any atom is -0.494 e. The number of amides is 1. The zero-order valence-corrected chi connectivity index (χ0v) is 15.4. The molecule has 27 heavy (non-hydrogen) atoms. The quantitative estimate of drug-likeness (QED) is 0.539. The van der Waals surface area contributed by atoms with Gasteiger partial charge in [-0.1, -0.05) is 24.3 Å². The minimum absolute atomic E-state index is 0.382. The Labute approximate surface area is 158 Å². The lowest BCUT2D eigenvalue weighted by Gasteiger charge is -2.11. The van der Waals surface area contributed by atoms with E-state index in [0.717, 1.165) is 11.3 Å². The smallest absolute Gasteiger partial charge is 0.331 e. The van der Waals surface area contributed by atoms with E-state index in [2.05, 4.69) is 5.32 Å². The second kappa shape index (κ2) is 10.7. The monoisotopic (exact) mass is 369 g/mol. The maximum Gasteiger partial charge on any atom is 0.331 e. The Morgan fingerprint density at radius 3 is 2.37 bits per heavy atom. The number of carbonyl (C=O) groups excluding carboxylic acids is 2. The number of nitrogens with one attached hydrogen (secondary N) is 1. The Balaban J connectivity index is 1.81.